The van der Waals surface area contributed by atoms with Crippen molar-refractivity contribution in [2.24, 2.45) is 0 Å². The molecule has 8 rings (SSSR count). The van der Waals surface area contributed by atoms with Gasteiger partial charge in [-0.3, -0.25) is 0 Å². The molecule has 1 aliphatic carbocycles. The van der Waals surface area contributed by atoms with Crippen LogP contribution >= 0.6 is 0 Å². The fourth-order valence-corrected chi connectivity index (χ4v) is 7.72. The molecule has 0 amide bonds. The van der Waals surface area contributed by atoms with Crippen molar-refractivity contribution < 1.29 is 22.3 Å². The van der Waals surface area contributed by atoms with Gasteiger partial charge in [-0.05, 0) is 53.5 Å². The van der Waals surface area contributed by atoms with Crippen molar-refractivity contribution in [3.05, 3.63) is 71.6 Å². The van der Waals surface area contributed by atoms with Crippen LogP contribution in [0.25, 0.3) is 33.6 Å². The van der Waals surface area contributed by atoms with E-state index < -0.39 is 23.9 Å². The quantitative estimate of drug-likeness (QED) is 0.196. The molecule has 2 aromatic heterocycles. The van der Waals surface area contributed by atoms with Crippen LogP contribution in [0.5, 0.6) is 0 Å². The number of rotatable bonds is 5. The summed E-state index contributed by atoms with van der Waals surface area (Å²) in [5.74, 6) is -4.38. The van der Waals surface area contributed by atoms with E-state index in [9.17, 15) is 17.6 Å². The highest BCUT2D eigenvalue weighted by Gasteiger charge is 2.44. The van der Waals surface area contributed by atoms with Gasteiger partial charge in [-0.2, -0.15) is 0 Å². The molecule has 0 saturated carbocycles. The molecule has 4 aromatic rings. The third-order valence-electron chi connectivity index (χ3n) is 10.0. The number of aromatic nitrogens is 4. The van der Waals surface area contributed by atoms with Crippen molar-refractivity contribution in [1.29, 1.82) is 0 Å². The standard InChI is InChI=1S/C33H34F4N6O/c34-32(35)13-24(40-17-32)29-38-15-26(42-29)20-3-1-19(2-4-20)21-5-6-22(23-7-8-31(28(21)23)9-11-44-12-10-31)27-16-39-30(43-27)25-14-33(36,37)18-41-25/h1-6,15-16,24-25,40-41H,7-14,17-18H2,(H,38,42)(H,39,43)/t24-,25-/m0/s1. The molecule has 2 aromatic carbocycles. The summed E-state index contributed by atoms with van der Waals surface area (Å²) in [6.45, 7) is 0.778. The molecule has 1 spiro atoms. The smallest absolute Gasteiger partial charge is 0.262 e. The van der Waals surface area contributed by atoms with Gasteiger partial charge in [0, 0.05) is 37.0 Å². The third kappa shape index (κ3) is 4.85. The predicted octanol–water partition coefficient (Wildman–Crippen LogP) is 6.47. The SMILES string of the molecule is FC1(F)CN[C@H](c2ncc(-c3ccc(-c4ccc(-c5cnc([C@@H]6CC(F)(F)CN6)[nH]5)c5c4C4(CCOCC4)CC5)cc3)[nH]2)C1. The van der Waals surface area contributed by atoms with Crippen LogP contribution < -0.4 is 10.6 Å². The summed E-state index contributed by atoms with van der Waals surface area (Å²) in [4.78, 5) is 15.5. The minimum Gasteiger partial charge on any atom is -0.381 e. The minimum absolute atomic E-state index is 0.0180. The number of benzene rings is 2. The van der Waals surface area contributed by atoms with E-state index in [1.807, 2.05) is 12.1 Å². The lowest BCUT2D eigenvalue weighted by molar-refractivity contribution is 0.0201. The molecular formula is C33H34F4N6O. The van der Waals surface area contributed by atoms with Crippen molar-refractivity contribution in [3.8, 4) is 33.6 Å². The van der Waals surface area contributed by atoms with E-state index in [2.05, 4.69) is 54.8 Å². The van der Waals surface area contributed by atoms with Crippen LogP contribution in [0.4, 0.5) is 17.6 Å². The topological polar surface area (TPSA) is 90.7 Å². The Morgan fingerprint density at radius 3 is 1.86 bits per heavy atom. The number of hydrogen-bond donors (Lipinski definition) is 4. The van der Waals surface area contributed by atoms with Gasteiger partial charge >= 0.3 is 0 Å². The maximum Gasteiger partial charge on any atom is 0.262 e. The molecule has 44 heavy (non-hydrogen) atoms. The van der Waals surface area contributed by atoms with Crippen molar-refractivity contribution >= 4 is 0 Å². The molecule has 230 valence electrons. The summed E-state index contributed by atoms with van der Waals surface area (Å²) < 4.78 is 60.9. The molecule has 4 aliphatic rings. The lowest BCUT2D eigenvalue weighted by Gasteiger charge is -2.36. The largest absolute Gasteiger partial charge is 0.381 e. The molecular weight excluding hydrogens is 572 g/mol. The number of nitrogens with one attached hydrogen (secondary N) is 4. The lowest BCUT2D eigenvalue weighted by Crippen LogP contribution is -2.32. The number of fused-ring (bicyclic) bond motifs is 2. The molecule has 3 fully saturated rings. The normalized spacial score (nSPS) is 25.1. The average Bonchev–Trinajstić information content (AvgIpc) is 3.85. The van der Waals surface area contributed by atoms with Crippen LogP contribution in [0.15, 0.2) is 48.8 Å². The second-order valence-corrected chi connectivity index (χ2v) is 12.8. The van der Waals surface area contributed by atoms with Gasteiger partial charge in [0.05, 0.1) is 49.0 Å². The van der Waals surface area contributed by atoms with E-state index in [0.717, 1.165) is 67.0 Å². The van der Waals surface area contributed by atoms with Crippen LogP contribution in [-0.4, -0.2) is 58.1 Å². The Hall–Kier alpha value is -3.54. The highest BCUT2D eigenvalue weighted by molar-refractivity contribution is 5.80. The Morgan fingerprint density at radius 1 is 0.682 bits per heavy atom. The van der Waals surface area contributed by atoms with Crippen molar-refractivity contribution in [1.82, 2.24) is 30.6 Å². The second-order valence-electron chi connectivity index (χ2n) is 12.8. The summed E-state index contributed by atoms with van der Waals surface area (Å²) in [7, 11) is 0. The van der Waals surface area contributed by atoms with Gasteiger partial charge in [0.1, 0.15) is 11.6 Å². The zero-order chi connectivity index (χ0) is 30.1. The molecule has 3 aliphatic heterocycles. The third-order valence-corrected chi connectivity index (χ3v) is 10.0. The van der Waals surface area contributed by atoms with Crippen LogP contribution in [-0.2, 0) is 16.6 Å². The first-order valence-electron chi connectivity index (χ1n) is 15.4. The maximum absolute atomic E-state index is 13.9. The van der Waals surface area contributed by atoms with Gasteiger partial charge in [0.25, 0.3) is 11.8 Å². The molecule has 4 N–H and O–H groups in total. The van der Waals surface area contributed by atoms with E-state index >= 15 is 0 Å². The number of nitrogens with zero attached hydrogens (tertiary/aromatic N) is 2. The summed E-state index contributed by atoms with van der Waals surface area (Å²) >= 11 is 0. The fraction of sp³-hybridized carbons (Fsp3) is 0.455. The molecule has 0 bridgehead atoms. The van der Waals surface area contributed by atoms with Crippen LogP contribution in [0.3, 0.4) is 0 Å². The zero-order valence-electron chi connectivity index (χ0n) is 24.2. The first-order chi connectivity index (χ1) is 21.2. The van der Waals surface area contributed by atoms with Gasteiger partial charge in [-0.1, -0.05) is 36.4 Å². The molecule has 0 unspecified atom stereocenters. The van der Waals surface area contributed by atoms with Gasteiger partial charge in [0.2, 0.25) is 0 Å². The number of H-pyrrole nitrogens is 2. The van der Waals surface area contributed by atoms with Crippen LogP contribution in [0, 0.1) is 0 Å². The number of imidazole rings is 2. The Morgan fingerprint density at radius 2 is 1.25 bits per heavy atom. The van der Waals surface area contributed by atoms with Crippen molar-refractivity contribution in [2.75, 3.05) is 26.3 Å². The van der Waals surface area contributed by atoms with Crippen LogP contribution in [0.1, 0.15) is 67.0 Å². The molecule has 2 atom stereocenters. The molecule has 7 nitrogen and oxygen atoms in total. The number of ether oxygens (including phenoxy) is 1. The summed E-state index contributed by atoms with van der Waals surface area (Å²) in [5.41, 5.74) is 8.59. The van der Waals surface area contributed by atoms with Gasteiger partial charge in [-0.15, -0.1) is 0 Å². The Bertz CT molecular complexity index is 1690. The Balaban J connectivity index is 1.12. The van der Waals surface area contributed by atoms with E-state index in [1.54, 1.807) is 12.4 Å². The summed E-state index contributed by atoms with van der Waals surface area (Å²) in [5, 5.41) is 5.75. The Labute approximate surface area is 252 Å². The average molecular weight is 607 g/mol. The fourth-order valence-electron chi connectivity index (χ4n) is 7.72. The first-order valence-corrected chi connectivity index (χ1v) is 15.4. The minimum atomic E-state index is -2.73. The highest BCUT2D eigenvalue weighted by atomic mass is 19.3. The predicted molar refractivity (Wildman–Crippen MR) is 158 cm³/mol. The molecule has 11 heteroatoms. The van der Waals surface area contributed by atoms with Crippen molar-refractivity contribution in [3.63, 3.8) is 0 Å². The molecule has 3 saturated heterocycles. The number of aromatic amines is 2. The second kappa shape index (κ2) is 10.3. The summed E-state index contributed by atoms with van der Waals surface area (Å²) in [6.07, 6.45) is 6.82. The first kappa shape index (κ1) is 28.0. The van der Waals surface area contributed by atoms with Gasteiger partial charge < -0.3 is 25.3 Å². The van der Waals surface area contributed by atoms with E-state index in [1.165, 1.54) is 16.7 Å². The molecule has 5 heterocycles. The maximum atomic E-state index is 13.9. The molecule has 0 radical (unpaired) electrons. The highest BCUT2D eigenvalue weighted by Crippen LogP contribution is 2.52. The van der Waals surface area contributed by atoms with E-state index in [0.29, 0.717) is 11.6 Å². The van der Waals surface area contributed by atoms with Gasteiger partial charge in [0.15, 0.2) is 0 Å². The number of alkyl halides is 4. The van der Waals surface area contributed by atoms with E-state index in [-0.39, 0.29) is 31.3 Å². The Kier molecular flexibility index (Phi) is 6.52. The summed E-state index contributed by atoms with van der Waals surface area (Å²) in [6, 6.07) is 11.6. The van der Waals surface area contributed by atoms with Crippen LogP contribution in [0.2, 0.25) is 0 Å². The monoisotopic (exact) mass is 606 g/mol. The lowest BCUT2D eigenvalue weighted by atomic mass is 9.72. The van der Waals surface area contributed by atoms with Gasteiger partial charge in [-0.25, -0.2) is 27.5 Å². The van der Waals surface area contributed by atoms with E-state index in [4.69, 9.17) is 4.74 Å². The zero-order valence-corrected chi connectivity index (χ0v) is 24.2. The number of hydrogen-bond acceptors (Lipinski definition) is 5. The van der Waals surface area contributed by atoms with Crippen molar-refractivity contribution in [2.45, 2.75) is 67.9 Å². The number of halogens is 4.